The first-order valence-electron chi connectivity index (χ1n) is 8.48. The molecule has 132 valence electrons. The molecule has 0 radical (unpaired) electrons. The molecule has 0 saturated carbocycles. The number of carboxylic acid groups (broad SMARTS) is 2. The maximum absolute atomic E-state index is 10.3. The van der Waals surface area contributed by atoms with Crippen LogP contribution in [-0.4, -0.2) is 33.4 Å². The van der Waals surface area contributed by atoms with Crippen LogP contribution in [0.2, 0.25) is 0 Å². The third kappa shape index (κ3) is 31.3. The van der Waals surface area contributed by atoms with Gasteiger partial charge in [-0.25, -0.2) is 0 Å². The maximum Gasteiger partial charge on any atom is 0.303 e. The fraction of sp³-hybridized carbons (Fsp3) is 0.882. The minimum Gasteiger partial charge on any atom is -0.481 e. The summed E-state index contributed by atoms with van der Waals surface area (Å²) in [6.07, 6.45) is 11.1. The van der Waals surface area contributed by atoms with Crippen LogP contribution in [0.15, 0.2) is 0 Å². The molecule has 0 spiro atoms. The molecular weight excluding hydrogens is 284 g/mol. The molecule has 0 aromatic heterocycles. The van der Waals surface area contributed by atoms with Gasteiger partial charge in [0.1, 0.15) is 0 Å². The van der Waals surface area contributed by atoms with Crippen LogP contribution < -0.4 is 0 Å². The van der Waals surface area contributed by atoms with Gasteiger partial charge in [-0.2, -0.15) is 0 Å². The molecule has 0 aromatic carbocycles. The summed E-state index contributed by atoms with van der Waals surface area (Å²) in [7, 11) is 0. The molecule has 22 heavy (non-hydrogen) atoms. The number of aliphatic hydroxyl groups is 1. The van der Waals surface area contributed by atoms with Crippen molar-refractivity contribution in [2.75, 3.05) is 0 Å². The molecule has 0 amide bonds. The van der Waals surface area contributed by atoms with Crippen molar-refractivity contribution in [1.29, 1.82) is 0 Å². The molecule has 0 unspecified atom stereocenters. The van der Waals surface area contributed by atoms with Gasteiger partial charge in [0.15, 0.2) is 0 Å². The van der Waals surface area contributed by atoms with Gasteiger partial charge in [0.25, 0.3) is 0 Å². The lowest BCUT2D eigenvalue weighted by molar-refractivity contribution is -0.138. The Hall–Kier alpha value is -1.10. The van der Waals surface area contributed by atoms with Crippen LogP contribution in [0.1, 0.15) is 90.9 Å². The zero-order valence-electron chi connectivity index (χ0n) is 14.2. The molecule has 5 nitrogen and oxygen atoms in total. The number of carbonyl (C=O) groups is 2. The highest BCUT2D eigenvalue weighted by Gasteiger charge is 1.98. The number of rotatable bonds is 13. The van der Waals surface area contributed by atoms with Gasteiger partial charge in [0, 0.05) is 18.9 Å². The first-order valence-corrected chi connectivity index (χ1v) is 8.48. The fourth-order valence-corrected chi connectivity index (χ4v) is 1.97. The SMILES string of the molecule is CC(C)O.O=C(O)CCCCCCCCCCCCC(=O)O. The molecule has 0 saturated heterocycles. The molecule has 5 heteroatoms. The van der Waals surface area contributed by atoms with Crippen LogP contribution in [-0.2, 0) is 9.59 Å². The highest BCUT2D eigenvalue weighted by molar-refractivity contribution is 5.66. The van der Waals surface area contributed by atoms with Crippen molar-refractivity contribution in [1.82, 2.24) is 0 Å². The smallest absolute Gasteiger partial charge is 0.303 e. The summed E-state index contributed by atoms with van der Waals surface area (Å²) < 4.78 is 0. The van der Waals surface area contributed by atoms with E-state index in [1.807, 2.05) is 0 Å². The van der Waals surface area contributed by atoms with Crippen LogP contribution in [0.3, 0.4) is 0 Å². The van der Waals surface area contributed by atoms with Crippen molar-refractivity contribution in [3.63, 3.8) is 0 Å². The summed E-state index contributed by atoms with van der Waals surface area (Å²) in [6.45, 7) is 3.44. The summed E-state index contributed by atoms with van der Waals surface area (Å²) >= 11 is 0. The lowest BCUT2D eigenvalue weighted by atomic mass is 10.1. The topological polar surface area (TPSA) is 94.8 Å². The number of aliphatic hydroxyl groups excluding tert-OH is 1. The van der Waals surface area contributed by atoms with Crippen molar-refractivity contribution in [2.24, 2.45) is 0 Å². The number of hydrogen-bond acceptors (Lipinski definition) is 3. The van der Waals surface area contributed by atoms with Crippen LogP contribution in [0.5, 0.6) is 0 Å². The van der Waals surface area contributed by atoms with E-state index >= 15 is 0 Å². The first kappa shape index (κ1) is 23.2. The minimum atomic E-state index is -0.698. The van der Waals surface area contributed by atoms with E-state index in [0.29, 0.717) is 12.8 Å². The number of aliphatic carboxylic acids is 2. The third-order valence-corrected chi connectivity index (χ3v) is 3.03. The highest BCUT2D eigenvalue weighted by Crippen LogP contribution is 2.11. The predicted molar refractivity (Wildman–Crippen MR) is 88.0 cm³/mol. The van der Waals surface area contributed by atoms with Gasteiger partial charge in [-0.1, -0.05) is 51.4 Å². The molecule has 0 aliphatic rings. The number of carboxylic acids is 2. The molecule has 0 aliphatic heterocycles. The van der Waals surface area contributed by atoms with Crippen LogP contribution in [0.25, 0.3) is 0 Å². The van der Waals surface area contributed by atoms with E-state index in [1.165, 1.54) is 25.7 Å². The zero-order chi connectivity index (χ0) is 17.2. The third-order valence-electron chi connectivity index (χ3n) is 3.03. The molecule has 0 heterocycles. The molecule has 0 fully saturated rings. The number of hydrogen-bond donors (Lipinski definition) is 3. The Balaban J connectivity index is 0. The van der Waals surface area contributed by atoms with E-state index in [1.54, 1.807) is 13.8 Å². The quantitative estimate of drug-likeness (QED) is 0.442. The summed E-state index contributed by atoms with van der Waals surface area (Å²) in [5.41, 5.74) is 0. The van der Waals surface area contributed by atoms with E-state index in [9.17, 15) is 9.59 Å². The van der Waals surface area contributed by atoms with Gasteiger partial charge in [0.2, 0.25) is 0 Å². The average Bonchev–Trinajstić information content (AvgIpc) is 2.38. The second kappa shape index (κ2) is 18.0. The molecule has 0 aliphatic carbocycles. The monoisotopic (exact) mass is 318 g/mol. The Bertz CT molecular complexity index is 237. The summed E-state index contributed by atoms with van der Waals surface area (Å²) in [5.74, 6) is -1.40. The molecule has 0 rings (SSSR count). The molecular formula is C17H34O5. The van der Waals surface area contributed by atoms with Crippen LogP contribution >= 0.6 is 0 Å². The van der Waals surface area contributed by atoms with Gasteiger partial charge in [0.05, 0.1) is 0 Å². The van der Waals surface area contributed by atoms with Gasteiger partial charge in [-0.05, 0) is 26.7 Å². The van der Waals surface area contributed by atoms with E-state index in [4.69, 9.17) is 15.3 Å². The van der Waals surface area contributed by atoms with Crippen molar-refractivity contribution in [2.45, 2.75) is 97.0 Å². The Morgan fingerprint density at radius 1 is 0.636 bits per heavy atom. The lowest BCUT2D eigenvalue weighted by Crippen LogP contribution is -1.93. The maximum atomic E-state index is 10.3. The summed E-state index contributed by atoms with van der Waals surface area (Å²) in [6, 6.07) is 0. The predicted octanol–water partition coefficient (Wildman–Crippen LogP) is 4.22. The van der Waals surface area contributed by atoms with Crippen LogP contribution in [0.4, 0.5) is 0 Å². The zero-order valence-corrected chi connectivity index (χ0v) is 14.2. The van der Waals surface area contributed by atoms with Gasteiger partial charge < -0.3 is 15.3 Å². The number of unbranched alkanes of at least 4 members (excludes halogenated alkanes) is 9. The molecule has 3 N–H and O–H groups in total. The summed E-state index contributed by atoms with van der Waals surface area (Å²) in [4.78, 5) is 20.5. The first-order chi connectivity index (χ1) is 10.4. The molecule has 0 atom stereocenters. The highest BCUT2D eigenvalue weighted by atomic mass is 16.4. The fourth-order valence-electron chi connectivity index (χ4n) is 1.97. The van der Waals surface area contributed by atoms with Gasteiger partial charge in [-0.15, -0.1) is 0 Å². The Kier molecular flexibility index (Phi) is 18.9. The summed E-state index contributed by atoms with van der Waals surface area (Å²) in [5, 5.41) is 25.0. The van der Waals surface area contributed by atoms with Crippen molar-refractivity contribution in [3.05, 3.63) is 0 Å². The van der Waals surface area contributed by atoms with Gasteiger partial charge in [-0.3, -0.25) is 9.59 Å². The van der Waals surface area contributed by atoms with Crippen molar-refractivity contribution < 1.29 is 24.9 Å². The van der Waals surface area contributed by atoms with Crippen molar-refractivity contribution >= 4 is 11.9 Å². The van der Waals surface area contributed by atoms with E-state index in [2.05, 4.69) is 0 Å². The lowest BCUT2D eigenvalue weighted by Gasteiger charge is -2.01. The Morgan fingerprint density at radius 3 is 1.00 bits per heavy atom. The van der Waals surface area contributed by atoms with Crippen molar-refractivity contribution in [3.8, 4) is 0 Å². The Labute approximate surface area is 134 Å². The second-order valence-corrected chi connectivity index (χ2v) is 5.92. The standard InChI is InChI=1S/C14H26O4.C3H8O/c15-13(16)11-9-7-5-3-1-2-4-6-8-10-12-14(17)18;1-3(2)4/h1-12H2,(H,15,16)(H,17,18);3-4H,1-2H3. The minimum absolute atomic E-state index is 0.167. The second-order valence-electron chi connectivity index (χ2n) is 5.92. The van der Waals surface area contributed by atoms with E-state index < -0.39 is 11.9 Å². The van der Waals surface area contributed by atoms with E-state index in [-0.39, 0.29) is 6.10 Å². The van der Waals surface area contributed by atoms with Crippen LogP contribution in [0, 0.1) is 0 Å². The molecule has 0 bridgehead atoms. The van der Waals surface area contributed by atoms with Gasteiger partial charge >= 0.3 is 11.9 Å². The average molecular weight is 318 g/mol. The normalized spacial score (nSPS) is 10.2. The molecule has 0 aromatic rings. The Morgan fingerprint density at radius 2 is 0.818 bits per heavy atom. The van der Waals surface area contributed by atoms with E-state index in [0.717, 1.165) is 38.5 Å². The largest absolute Gasteiger partial charge is 0.481 e.